The van der Waals surface area contributed by atoms with Crippen LogP contribution in [0, 0.1) is 36.5 Å². The zero-order valence-corrected chi connectivity index (χ0v) is 35.3. The van der Waals surface area contributed by atoms with Crippen LogP contribution in [0.5, 0.6) is 0 Å². The number of anilines is 2. The lowest BCUT2D eigenvalue weighted by molar-refractivity contribution is 0.0940. The van der Waals surface area contributed by atoms with Crippen molar-refractivity contribution < 1.29 is 19.2 Å². The van der Waals surface area contributed by atoms with Crippen LogP contribution in [0.4, 0.5) is 11.4 Å². The smallest absolute Gasteiger partial charge is 0.274 e. The summed E-state index contributed by atoms with van der Waals surface area (Å²) in [7, 11) is 1.46. The van der Waals surface area contributed by atoms with E-state index in [2.05, 4.69) is 41.4 Å². The maximum Gasteiger partial charge on any atom is 0.274 e. The lowest BCUT2D eigenvalue weighted by Gasteiger charge is -2.16. The molecule has 4 heterocycles. The standard InChI is InChI=1S/C21H18Cl2N6O2.C19H14Cl2N6O2/c1-11(2)26-20(30)14-8-13(10-24)7-12(3)18(14)27-21(31)16-9-17(23)28-29(16)19-15(22)5-4-6-25-19;1-10-6-11(9-22)7-12(18(28)23-2)16(10)25-19(29)14-8-15(21)26-27(14)17-13(20)4-3-5-24-17/h4-9,11H,1-3H3,(H,26,30)(H,27,31);3-8H,1-2H3,(H,23,28)(H,25,29). The van der Waals surface area contributed by atoms with Gasteiger partial charge in [0.15, 0.2) is 21.9 Å². The van der Waals surface area contributed by atoms with Crippen LogP contribution in [0.25, 0.3) is 11.6 Å². The summed E-state index contributed by atoms with van der Waals surface area (Å²) in [6.45, 7) is 7.01. The Kier molecular flexibility index (Phi) is 14.2. The summed E-state index contributed by atoms with van der Waals surface area (Å²) in [5.74, 6) is -1.55. The van der Waals surface area contributed by atoms with Gasteiger partial charge in [-0.1, -0.05) is 46.4 Å². The second kappa shape index (κ2) is 19.3. The van der Waals surface area contributed by atoms with Gasteiger partial charge in [0.25, 0.3) is 23.6 Å². The van der Waals surface area contributed by atoms with E-state index < -0.39 is 23.6 Å². The molecular formula is C40H32Cl4N12O4. The molecule has 20 heteroatoms. The highest BCUT2D eigenvalue weighted by molar-refractivity contribution is 6.33. The van der Waals surface area contributed by atoms with E-state index in [1.54, 1.807) is 50.2 Å². The van der Waals surface area contributed by atoms with Gasteiger partial charge in [-0.15, -0.1) is 0 Å². The molecule has 0 aliphatic carbocycles. The Bertz CT molecular complexity index is 2750. The van der Waals surface area contributed by atoms with Gasteiger partial charge in [-0.2, -0.15) is 20.7 Å². The first-order valence-electron chi connectivity index (χ1n) is 17.5. The maximum absolute atomic E-state index is 13.1. The maximum atomic E-state index is 13.1. The van der Waals surface area contributed by atoms with Gasteiger partial charge < -0.3 is 21.3 Å². The number of benzene rings is 2. The Morgan fingerprint density at radius 1 is 0.650 bits per heavy atom. The predicted molar refractivity (Wildman–Crippen MR) is 226 cm³/mol. The summed E-state index contributed by atoms with van der Waals surface area (Å²) in [5, 5.41) is 38.0. The molecule has 60 heavy (non-hydrogen) atoms. The zero-order chi connectivity index (χ0) is 43.8. The van der Waals surface area contributed by atoms with Crippen molar-refractivity contribution in [2.75, 3.05) is 17.7 Å². The van der Waals surface area contributed by atoms with Gasteiger partial charge in [-0.25, -0.2) is 19.3 Å². The Hall–Kier alpha value is -6.82. The highest BCUT2D eigenvalue weighted by atomic mass is 35.5. The third-order valence-electron chi connectivity index (χ3n) is 8.25. The van der Waals surface area contributed by atoms with E-state index in [4.69, 9.17) is 51.7 Å². The largest absolute Gasteiger partial charge is 0.355 e. The number of nitriles is 2. The van der Waals surface area contributed by atoms with Crippen molar-refractivity contribution in [3.05, 3.63) is 138 Å². The van der Waals surface area contributed by atoms with Crippen LogP contribution < -0.4 is 21.3 Å². The third kappa shape index (κ3) is 10.1. The Balaban J connectivity index is 0.000000228. The highest BCUT2D eigenvalue weighted by Gasteiger charge is 2.24. The van der Waals surface area contributed by atoms with Crippen molar-refractivity contribution in [3.63, 3.8) is 0 Å². The molecule has 2 aromatic carbocycles. The first-order valence-corrected chi connectivity index (χ1v) is 19.1. The summed E-state index contributed by atoms with van der Waals surface area (Å²) >= 11 is 24.4. The molecule has 4 aromatic heterocycles. The Labute approximate surface area is 363 Å². The van der Waals surface area contributed by atoms with Crippen molar-refractivity contribution in [2.24, 2.45) is 0 Å². The first kappa shape index (κ1) is 44.3. The molecule has 4 amide bonds. The predicted octanol–water partition coefficient (Wildman–Crippen LogP) is 7.51. The van der Waals surface area contributed by atoms with Gasteiger partial charge in [0.05, 0.1) is 55.8 Å². The number of amides is 4. The van der Waals surface area contributed by atoms with Gasteiger partial charge >= 0.3 is 0 Å². The molecule has 0 saturated carbocycles. The monoisotopic (exact) mass is 884 g/mol. The minimum atomic E-state index is -0.580. The minimum absolute atomic E-state index is 0.0694. The molecule has 0 bridgehead atoms. The van der Waals surface area contributed by atoms with Crippen LogP contribution in [-0.4, -0.2) is 66.2 Å². The molecule has 304 valence electrons. The number of hydrogen-bond donors (Lipinski definition) is 4. The fourth-order valence-electron chi connectivity index (χ4n) is 5.64. The molecule has 0 saturated heterocycles. The Morgan fingerprint density at radius 2 is 1.07 bits per heavy atom. The summed E-state index contributed by atoms with van der Waals surface area (Å²) in [6.07, 6.45) is 3.02. The van der Waals surface area contributed by atoms with E-state index in [1.165, 1.54) is 53.1 Å². The van der Waals surface area contributed by atoms with Crippen LogP contribution in [0.2, 0.25) is 20.4 Å². The second-order valence-electron chi connectivity index (χ2n) is 12.9. The normalized spacial score (nSPS) is 10.5. The zero-order valence-electron chi connectivity index (χ0n) is 32.2. The van der Waals surface area contributed by atoms with Gasteiger partial charge in [-0.05, 0) is 87.4 Å². The average molecular weight is 887 g/mol. The molecule has 0 fully saturated rings. The molecule has 0 atom stereocenters. The van der Waals surface area contributed by atoms with Crippen molar-refractivity contribution in [1.29, 1.82) is 10.5 Å². The van der Waals surface area contributed by atoms with Crippen molar-refractivity contribution in [2.45, 2.75) is 33.7 Å². The number of nitrogens with one attached hydrogen (secondary N) is 4. The van der Waals surface area contributed by atoms with Crippen molar-refractivity contribution in [3.8, 4) is 23.8 Å². The van der Waals surface area contributed by atoms with Crippen LogP contribution in [-0.2, 0) is 0 Å². The van der Waals surface area contributed by atoms with Crippen molar-refractivity contribution >= 4 is 81.4 Å². The van der Waals surface area contributed by atoms with Crippen LogP contribution in [0.1, 0.15) is 77.8 Å². The summed E-state index contributed by atoms with van der Waals surface area (Å²) in [4.78, 5) is 59.4. The number of carbonyl (C=O) groups is 4. The molecule has 4 N–H and O–H groups in total. The summed E-state index contributed by atoms with van der Waals surface area (Å²) < 4.78 is 2.45. The number of rotatable bonds is 9. The van der Waals surface area contributed by atoms with E-state index in [9.17, 15) is 24.4 Å². The lowest BCUT2D eigenvalue weighted by Crippen LogP contribution is -2.31. The molecule has 0 spiro atoms. The molecule has 16 nitrogen and oxygen atoms in total. The molecule has 0 aliphatic rings. The molecule has 6 aromatic rings. The number of pyridine rings is 2. The second-order valence-corrected chi connectivity index (χ2v) is 14.5. The summed E-state index contributed by atoms with van der Waals surface area (Å²) in [5.41, 5.74) is 2.72. The number of hydrogen-bond acceptors (Lipinski definition) is 10. The van der Waals surface area contributed by atoms with E-state index in [-0.39, 0.29) is 71.9 Å². The van der Waals surface area contributed by atoms with Gasteiger partial charge in [0.1, 0.15) is 11.4 Å². The van der Waals surface area contributed by atoms with Crippen LogP contribution in [0.3, 0.4) is 0 Å². The van der Waals surface area contributed by atoms with Crippen LogP contribution >= 0.6 is 46.4 Å². The first-order chi connectivity index (χ1) is 28.6. The van der Waals surface area contributed by atoms with E-state index >= 15 is 0 Å². The number of carbonyl (C=O) groups excluding carboxylic acids is 4. The van der Waals surface area contributed by atoms with E-state index in [1.807, 2.05) is 26.0 Å². The quantitative estimate of drug-likeness (QED) is 0.112. The van der Waals surface area contributed by atoms with Crippen LogP contribution in [0.15, 0.2) is 73.1 Å². The number of halogens is 4. The molecule has 0 aliphatic heterocycles. The highest BCUT2D eigenvalue weighted by Crippen LogP contribution is 2.28. The lowest BCUT2D eigenvalue weighted by atomic mass is 10.0. The topological polar surface area (TPSA) is 225 Å². The van der Waals surface area contributed by atoms with E-state index in [0.717, 1.165) is 0 Å². The molecule has 6 rings (SSSR count). The minimum Gasteiger partial charge on any atom is -0.355 e. The number of aryl methyl sites for hydroxylation is 2. The summed E-state index contributed by atoms with van der Waals surface area (Å²) in [6, 6.07) is 19.1. The number of nitrogens with zero attached hydrogens (tertiary/aromatic N) is 8. The molecule has 0 unspecified atom stereocenters. The number of aromatic nitrogens is 6. The van der Waals surface area contributed by atoms with Gasteiger partial charge in [0, 0.05) is 37.6 Å². The SMILES string of the molecule is CNC(=O)c1cc(C#N)cc(C)c1NC(=O)c1cc(Cl)nn1-c1ncccc1Cl.Cc1cc(C#N)cc(C(=O)NC(C)C)c1NC(=O)c1cc(Cl)nn1-c1ncccc1Cl. The van der Waals surface area contributed by atoms with Crippen molar-refractivity contribution in [1.82, 2.24) is 40.2 Å². The van der Waals surface area contributed by atoms with E-state index in [0.29, 0.717) is 22.3 Å². The third-order valence-corrected chi connectivity index (χ3v) is 9.21. The Morgan fingerprint density at radius 3 is 1.43 bits per heavy atom. The fraction of sp³-hybridized carbons (Fsp3) is 0.150. The molecule has 0 radical (unpaired) electrons. The average Bonchev–Trinajstić information content (AvgIpc) is 3.81. The van der Waals surface area contributed by atoms with Gasteiger partial charge in [-0.3, -0.25) is 19.2 Å². The fourth-order valence-corrected chi connectivity index (χ4v) is 6.40. The molecular weight excluding hydrogens is 854 g/mol. The van der Waals surface area contributed by atoms with Gasteiger partial charge in [0.2, 0.25) is 0 Å².